The molecule has 0 aliphatic carbocycles. The van der Waals surface area contributed by atoms with Crippen molar-refractivity contribution in [2.24, 2.45) is 4.99 Å². The first kappa shape index (κ1) is 21.3. The highest BCUT2D eigenvalue weighted by atomic mass is 15.3. The fraction of sp³-hybridized carbons (Fsp3) is 0.545. The molecule has 158 valence electrons. The maximum atomic E-state index is 4.73. The smallest absolute Gasteiger partial charge is 0.191 e. The minimum absolute atomic E-state index is 0.684. The number of rotatable bonds is 9. The van der Waals surface area contributed by atoms with Gasteiger partial charge in [0.15, 0.2) is 5.96 Å². The Bertz CT molecular complexity index is 716. The molecule has 0 saturated carbocycles. The second-order valence-electron chi connectivity index (χ2n) is 7.64. The number of guanidine groups is 1. The van der Waals surface area contributed by atoms with Crippen LogP contribution in [0.3, 0.4) is 0 Å². The van der Waals surface area contributed by atoms with Gasteiger partial charge in [-0.05, 0) is 37.6 Å². The molecule has 0 spiro atoms. The van der Waals surface area contributed by atoms with E-state index in [2.05, 4.69) is 63.8 Å². The Balaban J connectivity index is 1.43. The van der Waals surface area contributed by atoms with Crippen molar-refractivity contribution in [1.29, 1.82) is 0 Å². The first-order valence-corrected chi connectivity index (χ1v) is 10.7. The molecule has 7 nitrogen and oxygen atoms in total. The third kappa shape index (κ3) is 7.51. The Labute approximate surface area is 174 Å². The van der Waals surface area contributed by atoms with Crippen molar-refractivity contribution in [3.05, 3.63) is 53.9 Å². The SMILES string of the molecule is CCNC(=NCc1ccc(CN2CCN(C)CC2)cc1)NCCCn1cccn1. The van der Waals surface area contributed by atoms with Crippen LogP contribution in [0.2, 0.25) is 0 Å². The van der Waals surface area contributed by atoms with Crippen molar-refractivity contribution >= 4 is 5.96 Å². The Kier molecular flexibility index (Phi) is 8.52. The Morgan fingerprint density at radius 2 is 1.83 bits per heavy atom. The maximum Gasteiger partial charge on any atom is 0.191 e. The molecule has 1 aromatic carbocycles. The molecule has 3 rings (SSSR count). The van der Waals surface area contributed by atoms with E-state index in [9.17, 15) is 0 Å². The number of aliphatic imine (C=N–C) groups is 1. The van der Waals surface area contributed by atoms with Crippen molar-refractivity contribution < 1.29 is 0 Å². The molecule has 0 radical (unpaired) electrons. The van der Waals surface area contributed by atoms with Crippen molar-refractivity contribution in [3.8, 4) is 0 Å². The summed E-state index contributed by atoms with van der Waals surface area (Å²) in [5.41, 5.74) is 2.62. The van der Waals surface area contributed by atoms with Crippen molar-refractivity contribution in [2.75, 3.05) is 46.3 Å². The average molecular weight is 398 g/mol. The van der Waals surface area contributed by atoms with E-state index in [1.807, 2.05) is 23.1 Å². The molecule has 0 atom stereocenters. The molecule has 2 N–H and O–H groups in total. The van der Waals surface area contributed by atoms with Crippen LogP contribution in [0.5, 0.6) is 0 Å². The lowest BCUT2D eigenvalue weighted by Crippen LogP contribution is -2.43. The van der Waals surface area contributed by atoms with Gasteiger partial charge in [0.2, 0.25) is 0 Å². The number of hydrogen-bond donors (Lipinski definition) is 2. The zero-order chi connectivity index (χ0) is 20.3. The number of aromatic nitrogens is 2. The van der Waals surface area contributed by atoms with Crippen LogP contribution in [0.25, 0.3) is 0 Å². The minimum Gasteiger partial charge on any atom is -0.357 e. The lowest BCUT2D eigenvalue weighted by molar-refractivity contribution is 0.148. The molecule has 2 aromatic rings. The van der Waals surface area contributed by atoms with E-state index in [-0.39, 0.29) is 0 Å². The van der Waals surface area contributed by atoms with Crippen LogP contribution < -0.4 is 10.6 Å². The second-order valence-corrected chi connectivity index (χ2v) is 7.64. The van der Waals surface area contributed by atoms with Gasteiger partial charge in [0.05, 0.1) is 6.54 Å². The quantitative estimate of drug-likeness (QED) is 0.384. The molecule has 0 unspecified atom stereocenters. The normalized spacial score (nSPS) is 16.1. The van der Waals surface area contributed by atoms with Crippen molar-refractivity contribution in [1.82, 2.24) is 30.2 Å². The first-order valence-electron chi connectivity index (χ1n) is 10.7. The Hall–Kier alpha value is -2.38. The highest BCUT2D eigenvalue weighted by Gasteiger charge is 2.13. The predicted octanol–water partition coefficient (Wildman–Crippen LogP) is 1.78. The molecule has 1 fully saturated rings. The van der Waals surface area contributed by atoms with E-state index in [1.54, 1.807) is 0 Å². The van der Waals surface area contributed by atoms with Crippen LogP contribution in [-0.2, 0) is 19.6 Å². The Morgan fingerprint density at radius 1 is 1.07 bits per heavy atom. The van der Waals surface area contributed by atoms with Gasteiger partial charge < -0.3 is 15.5 Å². The second kappa shape index (κ2) is 11.6. The number of piperazine rings is 1. The lowest BCUT2D eigenvalue weighted by atomic mass is 10.1. The van der Waals surface area contributed by atoms with E-state index >= 15 is 0 Å². The van der Waals surface area contributed by atoms with E-state index < -0.39 is 0 Å². The lowest BCUT2D eigenvalue weighted by Gasteiger charge is -2.32. The summed E-state index contributed by atoms with van der Waals surface area (Å²) in [6, 6.07) is 10.9. The third-order valence-electron chi connectivity index (χ3n) is 5.20. The fourth-order valence-electron chi connectivity index (χ4n) is 3.41. The molecule has 1 saturated heterocycles. The summed E-state index contributed by atoms with van der Waals surface area (Å²) < 4.78 is 1.95. The summed E-state index contributed by atoms with van der Waals surface area (Å²) in [4.78, 5) is 9.65. The van der Waals surface area contributed by atoms with Gasteiger partial charge >= 0.3 is 0 Å². The van der Waals surface area contributed by atoms with Gasteiger partial charge in [0, 0.05) is 64.8 Å². The zero-order valence-corrected chi connectivity index (χ0v) is 17.8. The minimum atomic E-state index is 0.684. The van der Waals surface area contributed by atoms with E-state index in [1.165, 1.54) is 11.1 Å². The zero-order valence-electron chi connectivity index (χ0n) is 17.8. The number of benzene rings is 1. The third-order valence-corrected chi connectivity index (χ3v) is 5.20. The molecule has 29 heavy (non-hydrogen) atoms. The molecular formula is C22H35N7. The molecule has 0 bridgehead atoms. The summed E-state index contributed by atoms with van der Waals surface area (Å²) in [6.45, 7) is 11.1. The molecule has 1 aromatic heterocycles. The van der Waals surface area contributed by atoms with E-state index in [4.69, 9.17) is 4.99 Å². The summed E-state index contributed by atoms with van der Waals surface area (Å²) in [5.74, 6) is 0.870. The van der Waals surface area contributed by atoms with Gasteiger partial charge in [0.25, 0.3) is 0 Å². The summed E-state index contributed by atoms with van der Waals surface area (Å²) in [6.07, 6.45) is 4.81. The molecule has 7 heteroatoms. The maximum absolute atomic E-state index is 4.73. The van der Waals surface area contributed by atoms with Gasteiger partial charge in [-0.3, -0.25) is 9.58 Å². The van der Waals surface area contributed by atoms with Gasteiger partial charge in [-0.1, -0.05) is 24.3 Å². The van der Waals surface area contributed by atoms with Crippen molar-refractivity contribution in [2.45, 2.75) is 33.0 Å². The van der Waals surface area contributed by atoms with Crippen LogP contribution in [0.4, 0.5) is 0 Å². The molecule has 1 aliphatic rings. The largest absolute Gasteiger partial charge is 0.357 e. The summed E-state index contributed by atoms with van der Waals surface area (Å²) >= 11 is 0. The standard InChI is InChI=1S/C22H35N7/c1-3-23-22(24-10-4-12-29-13-5-11-26-29)25-18-20-6-8-21(9-7-20)19-28-16-14-27(2)15-17-28/h5-9,11,13H,3-4,10,12,14-19H2,1-2H3,(H2,23,24,25). The average Bonchev–Trinajstić information content (AvgIpc) is 3.25. The highest BCUT2D eigenvalue weighted by molar-refractivity contribution is 5.79. The number of nitrogens with zero attached hydrogens (tertiary/aromatic N) is 5. The van der Waals surface area contributed by atoms with Gasteiger partial charge in [-0.15, -0.1) is 0 Å². The van der Waals surface area contributed by atoms with Crippen LogP contribution in [0.15, 0.2) is 47.7 Å². The highest BCUT2D eigenvalue weighted by Crippen LogP contribution is 2.10. The van der Waals surface area contributed by atoms with Crippen LogP contribution in [0.1, 0.15) is 24.5 Å². The number of aryl methyl sites for hydroxylation is 1. The van der Waals surface area contributed by atoms with E-state index in [0.29, 0.717) is 6.54 Å². The number of nitrogens with one attached hydrogen (secondary N) is 2. The van der Waals surface area contributed by atoms with Crippen LogP contribution in [0, 0.1) is 0 Å². The van der Waals surface area contributed by atoms with Gasteiger partial charge in [-0.2, -0.15) is 5.10 Å². The monoisotopic (exact) mass is 397 g/mol. The predicted molar refractivity (Wildman–Crippen MR) is 119 cm³/mol. The van der Waals surface area contributed by atoms with Crippen LogP contribution >= 0.6 is 0 Å². The number of hydrogen-bond acceptors (Lipinski definition) is 4. The first-order chi connectivity index (χ1) is 14.2. The van der Waals surface area contributed by atoms with Gasteiger partial charge in [0.1, 0.15) is 0 Å². The summed E-state index contributed by atoms with van der Waals surface area (Å²) in [5, 5.41) is 11.0. The van der Waals surface area contributed by atoms with Gasteiger partial charge in [-0.25, -0.2) is 4.99 Å². The molecule has 2 heterocycles. The van der Waals surface area contributed by atoms with Crippen molar-refractivity contribution in [3.63, 3.8) is 0 Å². The topological polar surface area (TPSA) is 60.7 Å². The molecule has 0 amide bonds. The van der Waals surface area contributed by atoms with E-state index in [0.717, 1.165) is 64.7 Å². The fourth-order valence-corrected chi connectivity index (χ4v) is 3.41. The number of likely N-dealkylation sites (N-methyl/N-ethyl adjacent to an activating group) is 1. The molecular weight excluding hydrogens is 362 g/mol. The Morgan fingerprint density at radius 3 is 2.52 bits per heavy atom. The van der Waals surface area contributed by atoms with Crippen LogP contribution in [-0.4, -0.2) is 71.9 Å². The summed E-state index contributed by atoms with van der Waals surface area (Å²) in [7, 11) is 2.20. The molecule has 1 aliphatic heterocycles.